The fourth-order valence-electron chi connectivity index (χ4n) is 1.65. The third-order valence-electron chi connectivity index (χ3n) is 2.42. The van der Waals surface area contributed by atoms with Gasteiger partial charge in [-0.3, -0.25) is 0 Å². The lowest BCUT2D eigenvalue weighted by Crippen LogP contribution is -2.16. The van der Waals surface area contributed by atoms with Crippen molar-refractivity contribution in [3.63, 3.8) is 0 Å². The van der Waals surface area contributed by atoms with Crippen molar-refractivity contribution in [3.05, 3.63) is 23.5 Å². The van der Waals surface area contributed by atoms with E-state index in [4.69, 9.17) is 4.74 Å². The maximum atomic E-state index is 13.3. The van der Waals surface area contributed by atoms with E-state index in [9.17, 15) is 9.50 Å². The Morgan fingerprint density at radius 1 is 1.57 bits per heavy atom. The van der Waals surface area contributed by atoms with Crippen LogP contribution in [-0.2, 0) is 0 Å². The van der Waals surface area contributed by atoms with E-state index in [1.165, 1.54) is 13.2 Å². The summed E-state index contributed by atoms with van der Waals surface area (Å²) in [4.78, 5) is 0. The van der Waals surface area contributed by atoms with Crippen LogP contribution in [0.1, 0.15) is 18.1 Å². The highest BCUT2D eigenvalue weighted by Crippen LogP contribution is 2.34. The molecule has 14 heavy (non-hydrogen) atoms. The number of aliphatic hydroxyl groups is 1. The first-order valence-electron chi connectivity index (χ1n) is 4.51. The zero-order chi connectivity index (χ0) is 10.1. The largest absolute Gasteiger partial charge is 0.494 e. The van der Waals surface area contributed by atoms with E-state index in [0.29, 0.717) is 24.2 Å². The highest BCUT2D eigenvalue weighted by atomic mass is 19.1. The molecule has 0 bridgehead atoms. The van der Waals surface area contributed by atoms with Crippen molar-refractivity contribution in [3.8, 4) is 5.75 Å². The van der Waals surface area contributed by atoms with Crippen LogP contribution in [0.15, 0.2) is 12.1 Å². The Morgan fingerprint density at radius 3 is 3.07 bits per heavy atom. The van der Waals surface area contributed by atoms with Crippen LogP contribution in [0.2, 0.25) is 0 Å². The number of anilines is 1. The first kappa shape index (κ1) is 9.27. The number of methoxy groups -OCH3 is 1. The third-order valence-corrected chi connectivity index (χ3v) is 2.42. The molecule has 0 saturated carbocycles. The molecule has 4 heteroatoms. The summed E-state index contributed by atoms with van der Waals surface area (Å²) >= 11 is 0. The summed E-state index contributed by atoms with van der Waals surface area (Å²) in [5, 5.41) is 12.7. The van der Waals surface area contributed by atoms with Crippen molar-refractivity contribution >= 4 is 5.69 Å². The molecule has 1 aromatic carbocycles. The van der Waals surface area contributed by atoms with Crippen LogP contribution < -0.4 is 10.1 Å². The van der Waals surface area contributed by atoms with Gasteiger partial charge < -0.3 is 15.2 Å². The van der Waals surface area contributed by atoms with Crippen molar-refractivity contribution in [2.45, 2.75) is 12.5 Å². The lowest BCUT2D eigenvalue weighted by Gasteiger charge is -2.23. The molecule has 0 spiro atoms. The van der Waals surface area contributed by atoms with Crippen LogP contribution in [0.4, 0.5) is 10.1 Å². The van der Waals surface area contributed by atoms with Crippen molar-refractivity contribution < 1.29 is 14.2 Å². The number of benzene rings is 1. The molecule has 2 N–H and O–H groups in total. The predicted octanol–water partition coefficient (Wildman–Crippen LogP) is 1.68. The highest BCUT2D eigenvalue weighted by molar-refractivity contribution is 5.57. The number of nitrogens with one attached hydrogen (secondary N) is 1. The topological polar surface area (TPSA) is 41.5 Å². The van der Waals surface area contributed by atoms with Gasteiger partial charge in [-0.25, -0.2) is 4.39 Å². The summed E-state index contributed by atoms with van der Waals surface area (Å²) < 4.78 is 18.1. The van der Waals surface area contributed by atoms with Gasteiger partial charge in [0.15, 0.2) is 11.6 Å². The van der Waals surface area contributed by atoms with Gasteiger partial charge in [-0.2, -0.15) is 0 Å². The van der Waals surface area contributed by atoms with Gasteiger partial charge in [0.2, 0.25) is 0 Å². The zero-order valence-corrected chi connectivity index (χ0v) is 7.88. The molecule has 0 saturated heterocycles. The van der Waals surface area contributed by atoms with Crippen LogP contribution in [0.25, 0.3) is 0 Å². The molecule has 1 atom stereocenters. The SMILES string of the molecule is COc1cc2c(cc1F)NCCC2O. The summed E-state index contributed by atoms with van der Waals surface area (Å²) in [7, 11) is 1.41. The Hall–Kier alpha value is -1.29. The molecule has 1 aliphatic heterocycles. The van der Waals surface area contributed by atoms with Crippen molar-refractivity contribution in [2.75, 3.05) is 19.0 Å². The maximum Gasteiger partial charge on any atom is 0.167 e. The molecule has 1 aromatic rings. The normalized spacial score (nSPS) is 19.8. The number of fused-ring (bicyclic) bond motifs is 1. The molecule has 76 valence electrons. The molecule has 0 fully saturated rings. The molecule has 0 amide bonds. The summed E-state index contributed by atoms with van der Waals surface area (Å²) in [5.41, 5.74) is 1.36. The minimum absolute atomic E-state index is 0.173. The van der Waals surface area contributed by atoms with Gasteiger partial charge in [0, 0.05) is 23.9 Å². The van der Waals surface area contributed by atoms with Crippen LogP contribution in [-0.4, -0.2) is 18.8 Å². The van der Waals surface area contributed by atoms with E-state index >= 15 is 0 Å². The Kier molecular flexibility index (Phi) is 2.29. The lowest BCUT2D eigenvalue weighted by molar-refractivity contribution is 0.168. The van der Waals surface area contributed by atoms with E-state index in [-0.39, 0.29) is 5.75 Å². The van der Waals surface area contributed by atoms with Gasteiger partial charge >= 0.3 is 0 Å². The van der Waals surface area contributed by atoms with E-state index in [1.54, 1.807) is 6.07 Å². The summed E-state index contributed by atoms with van der Waals surface area (Å²) in [6.07, 6.45) is 0.114. The third kappa shape index (κ3) is 1.42. The predicted molar refractivity (Wildman–Crippen MR) is 51.0 cm³/mol. The Bertz CT molecular complexity index is 354. The molecule has 0 aromatic heterocycles. The minimum Gasteiger partial charge on any atom is -0.494 e. The van der Waals surface area contributed by atoms with Crippen LogP contribution in [0.3, 0.4) is 0 Å². The zero-order valence-electron chi connectivity index (χ0n) is 7.88. The van der Waals surface area contributed by atoms with E-state index in [2.05, 4.69) is 5.32 Å². The quantitative estimate of drug-likeness (QED) is 0.719. The van der Waals surface area contributed by atoms with Crippen molar-refractivity contribution in [1.82, 2.24) is 0 Å². The Balaban J connectivity index is 2.49. The molecule has 0 radical (unpaired) electrons. The standard InChI is InChI=1S/C10H12FNO2/c1-14-10-4-6-8(5-7(10)11)12-3-2-9(6)13/h4-5,9,12-13H,2-3H2,1H3. The molecular formula is C10H12FNO2. The molecule has 1 aliphatic rings. The first-order valence-corrected chi connectivity index (χ1v) is 4.51. The van der Waals surface area contributed by atoms with Crippen molar-refractivity contribution in [1.29, 1.82) is 0 Å². The lowest BCUT2D eigenvalue weighted by atomic mass is 10.00. The highest BCUT2D eigenvalue weighted by Gasteiger charge is 2.20. The smallest absolute Gasteiger partial charge is 0.167 e. The Morgan fingerprint density at radius 2 is 2.36 bits per heavy atom. The monoisotopic (exact) mass is 197 g/mol. The molecule has 3 nitrogen and oxygen atoms in total. The fourth-order valence-corrected chi connectivity index (χ4v) is 1.65. The minimum atomic E-state index is -0.527. The number of hydrogen-bond donors (Lipinski definition) is 2. The molecule has 1 heterocycles. The van der Waals surface area contributed by atoms with Gasteiger partial charge in [0.1, 0.15) is 0 Å². The van der Waals surface area contributed by atoms with Crippen LogP contribution in [0, 0.1) is 5.82 Å². The number of aliphatic hydroxyl groups excluding tert-OH is 1. The fraction of sp³-hybridized carbons (Fsp3) is 0.400. The second kappa shape index (κ2) is 3.46. The average molecular weight is 197 g/mol. The van der Waals surface area contributed by atoms with Gasteiger partial charge in [0.25, 0.3) is 0 Å². The van der Waals surface area contributed by atoms with Gasteiger partial charge in [-0.15, -0.1) is 0 Å². The maximum absolute atomic E-state index is 13.3. The second-order valence-corrected chi connectivity index (χ2v) is 3.31. The number of ether oxygens (including phenoxy) is 1. The van der Waals surface area contributed by atoms with Crippen molar-refractivity contribution in [2.24, 2.45) is 0 Å². The summed E-state index contributed by atoms with van der Waals surface area (Å²) in [5.74, 6) is -0.237. The summed E-state index contributed by atoms with van der Waals surface area (Å²) in [6.45, 7) is 0.667. The molecule has 1 unspecified atom stereocenters. The van der Waals surface area contributed by atoms with Crippen LogP contribution >= 0.6 is 0 Å². The van der Waals surface area contributed by atoms with Gasteiger partial charge in [-0.1, -0.05) is 0 Å². The molecule has 0 aliphatic carbocycles. The van der Waals surface area contributed by atoms with Gasteiger partial charge in [0.05, 0.1) is 13.2 Å². The van der Waals surface area contributed by atoms with E-state index < -0.39 is 11.9 Å². The Labute approximate surface area is 81.5 Å². The number of rotatable bonds is 1. The first-order chi connectivity index (χ1) is 6.72. The van der Waals surface area contributed by atoms with Crippen LogP contribution in [0.5, 0.6) is 5.75 Å². The molecule has 2 rings (SSSR count). The van der Waals surface area contributed by atoms with E-state index in [1.807, 2.05) is 0 Å². The summed E-state index contributed by atoms with van der Waals surface area (Å²) in [6, 6.07) is 2.90. The number of hydrogen-bond acceptors (Lipinski definition) is 3. The average Bonchev–Trinajstić information content (AvgIpc) is 2.17. The van der Waals surface area contributed by atoms with E-state index in [0.717, 1.165) is 0 Å². The molecular weight excluding hydrogens is 185 g/mol. The number of halogens is 1. The second-order valence-electron chi connectivity index (χ2n) is 3.31. The van der Waals surface area contributed by atoms with Gasteiger partial charge in [-0.05, 0) is 12.5 Å².